The first kappa shape index (κ1) is 33.4. The number of benzene rings is 3. The first-order valence-corrected chi connectivity index (χ1v) is 16.4. The first-order chi connectivity index (χ1) is 21.0. The molecule has 0 fully saturated rings. The van der Waals surface area contributed by atoms with E-state index in [0.29, 0.717) is 24.3 Å². The number of fused-ring (bicyclic) bond motifs is 1. The minimum Gasteiger partial charge on any atom is -0.486 e. The number of rotatable bonds is 12. The number of hydrogen-bond donors (Lipinski definition) is 1. The van der Waals surface area contributed by atoms with Crippen molar-refractivity contribution in [2.45, 2.75) is 57.1 Å². The zero-order valence-electron chi connectivity index (χ0n) is 24.6. The fraction of sp³-hybridized carbons (Fsp3) is 0.355. The third kappa shape index (κ3) is 7.57. The molecule has 0 aromatic heterocycles. The van der Waals surface area contributed by atoms with Gasteiger partial charge in [0, 0.05) is 34.3 Å². The topological polar surface area (TPSA) is 105 Å². The number of nitrogens with one attached hydrogen (secondary N) is 1. The molecule has 0 saturated carbocycles. The van der Waals surface area contributed by atoms with Crippen molar-refractivity contribution in [3.8, 4) is 11.5 Å². The smallest absolute Gasteiger partial charge is 0.264 e. The number of carbonyl (C=O) groups excluding carboxylic acids is 2. The van der Waals surface area contributed by atoms with Gasteiger partial charge < -0.3 is 19.7 Å². The van der Waals surface area contributed by atoms with E-state index in [9.17, 15) is 22.4 Å². The van der Waals surface area contributed by atoms with Crippen LogP contribution in [0, 0.1) is 5.82 Å². The summed E-state index contributed by atoms with van der Waals surface area (Å²) >= 11 is 12.9. The molecule has 1 aliphatic rings. The number of nitrogens with zero attached hydrogens (tertiary/aromatic N) is 2. The number of halogens is 3. The van der Waals surface area contributed by atoms with Crippen LogP contribution in [0.5, 0.6) is 11.5 Å². The zero-order chi connectivity index (χ0) is 32.0. The summed E-state index contributed by atoms with van der Waals surface area (Å²) in [5, 5.41) is 3.48. The molecule has 0 bridgehead atoms. The van der Waals surface area contributed by atoms with E-state index in [0.717, 1.165) is 16.4 Å². The van der Waals surface area contributed by atoms with Crippen LogP contribution >= 0.6 is 23.2 Å². The molecular formula is C31H34Cl2FN3O6S. The molecule has 9 nitrogen and oxygen atoms in total. The summed E-state index contributed by atoms with van der Waals surface area (Å²) in [5.41, 5.74) is 0.449. The van der Waals surface area contributed by atoms with Crippen molar-refractivity contribution in [3.05, 3.63) is 82.1 Å². The van der Waals surface area contributed by atoms with E-state index in [-0.39, 0.29) is 52.0 Å². The number of amides is 2. The standard InChI is InChI=1S/C31H34Cl2FN3O6S/c1-4-20(3)35-31(39)27(5-2)36(18-24-25(32)7-6-8-26(24)33)30(38)19-37(22-11-9-21(34)10-12-22)44(40,41)23-13-14-28-29(17-23)43-16-15-42-28/h6-14,17,20,27H,4-5,15-16,18-19H2,1-3H3,(H,35,39)/t20-,27-/m1/s1. The maximum absolute atomic E-state index is 14.2. The molecule has 1 N–H and O–H groups in total. The molecule has 0 aliphatic carbocycles. The van der Waals surface area contributed by atoms with Crippen LogP contribution in [0.4, 0.5) is 10.1 Å². The average molecular weight is 667 g/mol. The van der Waals surface area contributed by atoms with Crippen LogP contribution in [-0.2, 0) is 26.2 Å². The zero-order valence-corrected chi connectivity index (χ0v) is 26.9. The summed E-state index contributed by atoms with van der Waals surface area (Å²) < 4.78 is 54.1. The second-order valence-electron chi connectivity index (χ2n) is 10.3. The van der Waals surface area contributed by atoms with Gasteiger partial charge in [-0.3, -0.25) is 13.9 Å². The van der Waals surface area contributed by atoms with E-state index in [1.807, 2.05) is 13.8 Å². The van der Waals surface area contributed by atoms with Crippen LogP contribution in [0.2, 0.25) is 10.0 Å². The third-order valence-corrected chi connectivity index (χ3v) is 9.75. The Balaban J connectivity index is 1.77. The molecule has 3 aromatic rings. The first-order valence-electron chi connectivity index (χ1n) is 14.2. The van der Waals surface area contributed by atoms with E-state index in [4.69, 9.17) is 32.7 Å². The van der Waals surface area contributed by atoms with E-state index in [2.05, 4.69) is 5.32 Å². The van der Waals surface area contributed by atoms with E-state index >= 15 is 0 Å². The SMILES string of the molecule is CC[C@@H](C)NC(=O)[C@@H](CC)N(Cc1c(Cl)cccc1Cl)C(=O)CN(c1ccc(F)cc1)S(=O)(=O)c1ccc2c(c1)OCCO2. The second kappa shape index (κ2) is 14.5. The Kier molecular flexibility index (Phi) is 11.0. The Labute approximate surface area is 266 Å². The lowest BCUT2D eigenvalue weighted by Crippen LogP contribution is -2.53. The molecule has 0 spiro atoms. The van der Waals surface area contributed by atoms with Crippen LogP contribution in [0.25, 0.3) is 0 Å². The van der Waals surface area contributed by atoms with Crippen molar-refractivity contribution < 1.29 is 31.9 Å². The molecule has 2 atom stereocenters. The predicted molar refractivity (Wildman–Crippen MR) is 167 cm³/mol. The van der Waals surface area contributed by atoms with Gasteiger partial charge in [-0.1, -0.05) is 43.1 Å². The molecule has 236 valence electrons. The Morgan fingerprint density at radius 2 is 1.59 bits per heavy atom. The largest absolute Gasteiger partial charge is 0.486 e. The molecule has 3 aromatic carbocycles. The molecule has 2 amide bonds. The Morgan fingerprint density at radius 3 is 2.20 bits per heavy atom. The minimum atomic E-state index is -4.42. The van der Waals surface area contributed by atoms with Gasteiger partial charge in [0.15, 0.2) is 11.5 Å². The normalized spacial score (nSPS) is 14.0. The van der Waals surface area contributed by atoms with Gasteiger partial charge in [-0.2, -0.15) is 0 Å². The number of sulfonamides is 1. The quantitative estimate of drug-likeness (QED) is 0.261. The average Bonchev–Trinajstić information content (AvgIpc) is 3.01. The summed E-state index contributed by atoms with van der Waals surface area (Å²) in [6.45, 7) is 5.21. The lowest BCUT2D eigenvalue weighted by Gasteiger charge is -2.34. The molecular weight excluding hydrogens is 632 g/mol. The van der Waals surface area contributed by atoms with Gasteiger partial charge in [-0.15, -0.1) is 0 Å². The van der Waals surface area contributed by atoms with Crippen molar-refractivity contribution in [1.82, 2.24) is 10.2 Å². The van der Waals surface area contributed by atoms with Crippen molar-refractivity contribution in [2.75, 3.05) is 24.1 Å². The highest BCUT2D eigenvalue weighted by molar-refractivity contribution is 7.92. The molecule has 44 heavy (non-hydrogen) atoms. The van der Waals surface area contributed by atoms with Crippen molar-refractivity contribution >= 4 is 50.7 Å². The van der Waals surface area contributed by atoms with Gasteiger partial charge in [0.05, 0.1) is 10.6 Å². The molecule has 1 aliphatic heterocycles. The highest BCUT2D eigenvalue weighted by Gasteiger charge is 2.35. The highest BCUT2D eigenvalue weighted by Crippen LogP contribution is 2.35. The van der Waals surface area contributed by atoms with Crippen LogP contribution in [0.15, 0.2) is 65.6 Å². The van der Waals surface area contributed by atoms with E-state index in [1.165, 1.54) is 35.2 Å². The maximum atomic E-state index is 14.2. The van der Waals surface area contributed by atoms with Crippen molar-refractivity contribution in [2.24, 2.45) is 0 Å². The van der Waals surface area contributed by atoms with Crippen LogP contribution in [-0.4, -0.2) is 57.0 Å². The third-order valence-electron chi connectivity index (χ3n) is 7.27. The molecule has 0 saturated heterocycles. The monoisotopic (exact) mass is 665 g/mol. The highest BCUT2D eigenvalue weighted by atomic mass is 35.5. The van der Waals surface area contributed by atoms with Gasteiger partial charge in [0.2, 0.25) is 11.8 Å². The van der Waals surface area contributed by atoms with Crippen molar-refractivity contribution in [1.29, 1.82) is 0 Å². The summed E-state index contributed by atoms with van der Waals surface area (Å²) in [4.78, 5) is 28.8. The van der Waals surface area contributed by atoms with Crippen LogP contribution in [0.3, 0.4) is 0 Å². The lowest BCUT2D eigenvalue weighted by atomic mass is 10.1. The fourth-order valence-electron chi connectivity index (χ4n) is 4.66. The lowest BCUT2D eigenvalue weighted by molar-refractivity contribution is -0.140. The number of hydrogen-bond acceptors (Lipinski definition) is 6. The van der Waals surface area contributed by atoms with Gasteiger partial charge >= 0.3 is 0 Å². The number of carbonyl (C=O) groups is 2. The second-order valence-corrected chi connectivity index (χ2v) is 12.9. The van der Waals surface area contributed by atoms with Crippen molar-refractivity contribution in [3.63, 3.8) is 0 Å². The van der Waals surface area contributed by atoms with Gasteiger partial charge in [-0.05, 0) is 68.3 Å². The Hall–Kier alpha value is -3.54. The maximum Gasteiger partial charge on any atom is 0.264 e. The number of ether oxygens (including phenoxy) is 2. The fourth-order valence-corrected chi connectivity index (χ4v) is 6.61. The van der Waals surface area contributed by atoms with Gasteiger partial charge in [0.25, 0.3) is 10.0 Å². The predicted octanol–water partition coefficient (Wildman–Crippen LogP) is 5.82. The summed E-state index contributed by atoms with van der Waals surface area (Å²) in [5.74, 6) is -1.05. The Bertz CT molecular complexity index is 1590. The summed E-state index contributed by atoms with van der Waals surface area (Å²) in [7, 11) is -4.42. The molecule has 0 radical (unpaired) electrons. The summed E-state index contributed by atoms with van der Waals surface area (Å²) in [6, 6.07) is 12.6. The van der Waals surface area contributed by atoms with Gasteiger partial charge in [0.1, 0.15) is 31.6 Å². The minimum absolute atomic E-state index is 0.0440. The van der Waals surface area contributed by atoms with Crippen LogP contribution < -0.4 is 19.1 Å². The molecule has 1 heterocycles. The van der Waals surface area contributed by atoms with Crippen LogP contribution in [0.1, 0.15) is 39.2 Å². The number of anilines is 1. The Morgan fingerprint density at radius 1 is 0.955 bits per heavy atom. The summed E-state index contributed by atoms with van der Waals surface area (Å²) in [6.07, 6.45) is 0.889. The molecule has 0 unspecified atom stereocenters. The van der Waals surface area contributed by atoms with Gasteiger partial charge in [-0.25, -0.2) is 12.8 Å². The molecule has 4 rings (SSSR count). The van der Waals surface area contributed by atoms with E-state index < -0.39 is 40.2 Å². The van der Waals surface area contributed by atoms with E-state index in [1.54, 1.807) is 25.1 Å². The molecule has 13 heteroatoms.